The molecule has 1 aromatic rings. The molecule has 0 atom stereocenters. The summed E-state index contributed by atoms with van der Waals surface area (Å²) in [5.41, 5.74) is -5.30. The summed E-state index contributed by atoms with van der Waals surface area (Å²) in [5.74, 6) is -1.85. The third-order valence-electron chi connectivity index (χ3n) is 2.01. The summed E-state index contributed by atoms with van der Waals surface area (Å²) in [6.07, 6.45) is -10.4. The molecule has 8 heteroatoms. The molecule has 0 aromatic heterocycles. The van der Waals surface area contributed by atoms with E-state index in [1.165, 1.54) is 0 Å². The molecule has 0 heterocycles. The van der Waals surface area contributed by atoms with E-state index in [1.807, 2.05) is 0 Å². The summed E-state index contributed by atoms with van der Waals surface area (Å²) in [4.78, 5) is 0. The molecule has 0 aliphatic carbocycles. The van der Waals surface area contributed by atoms with Gasteiger partial charge >= 0.3 is 12.4 Å². The van der Waals surface area contributed by atoms with Crippen LogP contribution in [0.3, 0.4) is 0 Å². The Morgan fingerprint density at radius 2 is 1.47 bits per heavy atom. The highest BCUT2D eigenvalue weighted by Gasteiger charge is 2.42. The van der Waals surface area contributed by atoms with Gasteiger partial charge in [0.15, 0.2) is 0 Å². The van der Waals surface area contributed by atoms with Gasteiger partial charge in [0.1, 0.15) is 5.82 Å². The van der Waals surface area contributed by atoms with Crippen LogP contribution in [0.25, 0.3) is 0 Å². The molecule has 0 aliphatic heterocycles. The highest BCUT2D eigenvalue weighted by atomic mass is 19.4. The minimum atomic E-state index is -5.30. The lowest BCUT2D eigenvalue weighted by molar-refractivity contribution is -0.146. The Morgan fingerprint density at radius 3 is 1.82 bits per heavy atom. The van der Waals surface area contributed by atoms with Crippen LogP contribution in [0.4, 0.5) is 30.7 Å². The Kier molecular flexibility index (Phi) is 3.37. The highest BCUT2D eigenvalue weighted by Crippen LogP contribution is 2.40. The largest absolute Gasteiger partial charge is 0.419 e. The maximum atomic E-state index is 12.9. The lowest BCUT2D eigenvalue weighted by Gasteiger charge is -2.17. The molecule has 0 saturated carbocycles. The first-order chi connectivity index (χ1) is 7.59. The summed E-state index contributed by atoms with van der Waals surface area (Å²) in [7, 11) is 0. The Balaban J connectivity index is 3.60. The predicted molar refractivity (Wildman–Crippen MR) is 42.3 cm³/mol. The molecule has 0 saturated heterocycles. The van der Waals surface area contributed by atoms with Crippen molar-refractivity contribution in [2.75, 3.05) is 0 Å². The van der Waals surface area contributed by atoms with Gasteiger partial charge in [0.25, 0.3) is 0 Å². The van der Waals surface area contributed by atoms with E-state index in [4.69, 9.17) is 5.11 Å². The lowest BCUT2D eigenvalue weighted by Crippen LogP contribution is -2.18. The van der Waals surface area contributed by atoms with Crippen molar-refractivity contribution in [2.24, 2.45) is 0 Å². The van der Waals surface area contributed by atoms with Gasteiger partial charge in [-0.05, 0) is 12.1 Å². The quantitative estimate of drug-likeness (QED) is 0.769. The summed E-state index contributed by atoms with van der Waals surface area (Å²) < 4.78 is 86.9. The van der Waals surface area contributed by atoms with Crippen molar-refractivity contribution < 1.29 is 35.8 Å². The van der Waals surface area contributed by atoms with E-state index in [2.05, 4.69) is 0 Å². The van der Waals surface area contributed by atoms with Crippen LogP contribution in [0, 0.1) is 5.82 Å². The van der Waals surface area contributed by atoms with E-state index >= 15 is 0 Å². The molecule has 1 aromatic carbocycles. The number of aliphatic hydroxyl groups is 1. The molecule has 0 bridgehead atoms. The minimum Gasteiger partial charge on any atom is -0.392 e. The SMILES string of the molecule is OCc1c(C(F)(F)F)ccc(F)c1C(F)(F)F. The first kappa shape index (κ1) is 13.8. The zero-order valence-corrected chi connectivity index (χ0v) is 7.95. The van der Waals surface area contributed by atoms with Gasteiger partial charge < -0.3 is 5.11 Å². The third-order valence-corrected chi connectivity index (χ3v) is 2.01. The number of halogens is 7. The molecule has 0 radical (unpaired) electrons. The molecule has 0 amide bonds. The topological polar surface area (TPSA) is 20.2 Å². The predicted octanol–water partition coefficient (Wildman–Crippen LogP) is 3.36. The van der Waals surface area contributed by atoms with E-state index in [0.717, 1.165) is 0 Å². The maximum absolute atomic E-state index is 12.9. The normalized spacial score (nSPS) is 12.9. The van der Waals surface area contributed by atoms with Gasteiger partial charge in [-0.2, -0.15) is 26.3 Å². The molecule has 0 fully saturated rings. The van der Waals surface area contributed by atoms with Crippen molar-refractivity contribution in [3.8, 4) is 0 Å². The van der Waals surface area contributed by atoms with Gasteiger partial charge in [0.05, 0.1) is 17.7 Å². The number of benzene rings is 1. The smallest absolute Gasteiger partial charge is 0.392 e. The van der Waals surface area contributed by atoms with Crippen LogP contribution in [-0.4, -0.2) is 5.11 Å². The average molecular weight is 262 g/mol. The first-order valence-corrected chi connectivity index (χ1v) is 4.15. The van der Waals surface area contributed by atoms with Crippen LogP contribution in [0.5, 0.6) is 0 Å². The third kappa shape index (κ3) is 2.68. The van der Waals surface area contributed by atoms with E-state index < -0.39 is 41.5 Å². The van der Waals surface area contributed by atoms with Gasteiger partial charge in [-0.1, -0.05) is 0 Å². The molecule has 1 nitrogen and oxygen atoms in total. The standard InChI is InChI=1S/C9H5F7O/c10-6-2-1-5(8(11,12)13)4(3-17)7(6)9(14,15)16/h1-2,17H,3H2. The molecule has 0 aliphatic rings. The van der Waals surface area contributed by atoms with Crippen molar-refractivity contribution in [1.82, 2.24) is 0 Å². The Labute approximate surface area is 90.5 Å². The number of hydrogen-bond acceptors (Lipinski definition) is 1. The van der Waals surface area contributed by atoms with Crippen LogP contribution in [-0.2, 0) is 19.0 Å². The molecular weight excluding hydrogens is 257 g/mol. The lowest BCUT2D eigenvalue weighted by atomic mass is 10.00. The fourth-order valence-corrected chi connectivity index (χ4v) is 1.36. The second kappa shape index (κ2) is 4.17. The van der Waals surface area contributed by atoms with Gasteiger partial charge in [-0.3, -0.25) is 0 Å². The van der Waals surface area contributed by atoms with Crippen LogP contribution in [0.1, 0.15) is 16.7 Å². The van der Waals surface area contributed by atoms with E-state index in [9.17, 15) is 30.7 Å². The van der Waals surface area contributed by atoms with Gasteiger partial charge in [0, 0.05) is 5.56 Å². The second-order valence-corrected chi connectivity index (χ2v) is 3.10. The van der Waals surface area contributed by atoms with Crippen LogP contribution >= 0.6 is 0 Å². The monoisotopic (exact) mass is 262 g/mol. The van der Waals surface area contributed by atoms with Crippen molar-refractivity contribution >= 4 is 0 Å². The molecule has 0 spiro atoms. The van der Waals surface area contributed by atoms with Crippen molar-refractivity contribution in [3.05, 3.63) is 34.6 Å². The second-order valence-electron chi connectivity index (χ2n) is 3.10. The van der Waals surface area contributed by atoms with Gasteiger partial charge in [0.2, 0.25) is 0 Å². The first-order valence-electron chi connectivity index (χ1n) is 4.15. The van der Waals surface area contributed by atoms with E-state index in [0.29, 0.717) is 0 Å². The fraction of sp³-hybridized carbons (Fsp3) is 0.333. The minimum absolute atomic E-state index is 0.0742. The maximum Gasteiger partial charge on any atom is 0.419 e. The summed E-state index contributed by atoms with van der Waals surface area (Å²) in [5, 5.41) is 8.58. The molecule has 17 heavy (non-hydrogen) atoms. The Morgan fingerprint density at radius 1 is 0.941 bits per heavy atom. The molecule has 1 N–H and O–H groups in total. The van der Waals surface area contributed by atoms with Crippen LogP contribution < -0.4 is 0 Å². The molecule has 1 rings (SSSR count). The van der Waals surface area contributed by atoms with Crippen LogP contribution in [0.2, 0.25) is 0 Å². The molecule has 0 unspecified atom stereocenters. The summed E-state index contributed by atoms with van der Waals surface area (Å²) >= 11 is 0. The zero-order valence-electron chi connectivity index (χ0n) is 7.95. The van der Waals surface area contributed by atoms with Crippen molar-refractivity contribution in [1.29, 1.82) is 0 Å². The number of alkyl halides is 6. The molecular formula is C9H5F7O. The average Bonchev–Trinajstić information content (AvgIpc) is 2.12. The Bertz CT molecular complexity index is 419. The van der Waals surface area contributed by atoms with Crippen molar-refractivity contribution in [3.63, 3.8) is 0 Å². The number of hydrogen-bond donors (Lipinski definition) is 1. The van der Waals surface area contributed by atoms with E-state index in [1.54, 1.807) is 0 Å². The fourth-order valence-electron chi connectivity index (χ4n) is 1.36. The highest BCUT2D eigenvalue weighted by molar-refractivity contribution is 5.39. The van der Waals surface area contributed by atoms with Crippen molar-refractivity contribution in [2.45, 2.75) is 19.0 Å². The number of rotatable bonds is 1. The molecule has 96 valence electrons. The van der Waals surface area contributed by atoms with Gasteiger partial charge in [-0.15, -0.1) is 0 Å². The Hall–Kier alpha value is -1.31. The summed E-state index contributed by atoms with van der Waals surface area (Å²) in [6.45, 7) is -1.55. The summed E-state index contributed by atoms with van der Waals surface area (Å²) in [6, 6.07) is 0.237. The zero-order chi connectivity index (χ0) is 13.4. The van der Waals surface area contributed by atoms with Gasteiger partial charge in [-0.25, -0.2) is 4.39 Å². The van der Waals surface area contributed by atoms with Crippen LogP contribution in [0.15, 0.2) is 12.1 Å². The number of aliphatic hydroxyl groups excluding tert-OH is 1. The van der Waals surface area contributed by atoms with E-state index in [-0.39, 0.29) is 12.1 Å².